The summed E-state index contributed by atoms with van der Waals surface area (Å²) < 4.78 is 25.3. The van der Waals surface area contributed by atoms with Gasteiger partial charge in [0.15, 0.2) is 17.5 Å². The number of unbranched alkanes of at least 4 members (excludes halogenated alkanes) is 13. The maximum Gasteiger partial charge on any atom is 0.198 e. The predicted molar refractivity (Wildman–Crippen MR) is 146 cm³/mol. The zero-order valence-electron chi connectivity index (χ0n) is 23.1. The third-order valence-corrected chi connectivity index (χ3v) is 7.90. The summed E-state index contributed by atoms with van der Waals surface area (Å²) in [6, 6.07) is 2.38. The summed E-state index contributed by atoms with van der Waals surface area (Å²) >= 11 is 0. The highest BCUT2D eigenvalue weighted by Gasteiger charge is 2.36. The van der Waals surface area contributed by atoms with Gasteiger partial charge in [-0.2, -0.15) is 0 Å². The molecule has 1 fully saturated rings. The second kappa shape index (κ2) is 18.7. The number of aliphatic imine (C=N–C) groups is 1. The molecule has 36 heavy (non-hydrogen) atoms. The van der Waals surface area contributed by atoms with Gasteiger partial charge in [-0.25, -0.2) is 13.8 Å². The zero-order valence-corrected chi connectivity index (χ0v) is 23.1. The van der Waals surface area contributed by atoms with Crippen LogP contribution in [0.5, 0.6) is 5.75 Å². The first-order chi connectivity index (χ1) is 17.6. The number of quaternary nitrogens is 1. The van der Waals surface area contributed by atoms with Crippen LogP contribution >= 0.6 is 0 Å². The number of hydrogen-bond acceptors (Lipinski definition) is 2. The summed E-state index contributed by atoms with van der Waals surface area (Å²) in [6.45, 7) is 7.57. The van der Waals surface area contributed by atoms with Gasteiger partial charge in [-0.05, 0) is 44.2 Å². The van der Waals surface area contributed by atoms with Crippen molar-refractivity contribution in [3.8, 4) is 5.75 Å². The summed E-state index contributed by atoms with van der Waals surface area (Å²) in [4.78, 5) is 4.96. The van der Waals surface area contributed by atoms with Crippen molar-refractivity contribution < 1.29 is 18.4 Å². The molecule has 0 spiro atoms. The molecule has 0 N–H and O–H groups in total. The molecule has 0 saturated carbocycles. The molecule has 0 radical (unpaired) electrons. The minimum absolute atomic E-state index is 0.520. The lowest BCUT2D eigenvalue weighted by Crippen LogP contribution is -2.55. The molecule has 1 aromatic rings. The van der Waals surface area contributed by atoms with E-state index in [0.717, 1.165) is 18.7 Å². The van der Waals surface area contributed by atoms with Gasteiger partial charge in [-0.15, -0.1) is 5.75 Å². The van der Waals surface area contributed by atoms with Gasteiger partial charge in [0, 0.05) is 19.4 Å². The molecule has 1 saturated heterocycles. The summed E-state index contributed by atoms with van der Waals surface area (Å²) in [7, 11) is 0. The highest BCUT2D eigenvalue weighted by molar-refractivity contribution is 5.76. The summed E-state index contributed by atoms with van der Waals surface area (Å²) in [5.41, 5.74) is 0. The molecule has 0 amide bonds. The Morgan fingerprint density at radius 2 is 1.31 bits per heavy atom. The Labute approximate surface area is 220 Å². The van der Waals surface area contributed by atoms with Crippen molar-refractivity contribution in [2.75, 3.05) is 26.2 Å². The van der Waals surface area contributed by atoms with E-state index in [1.54, 1.807) is 5.84 Å². The van der Waals surface area contributed by atoms with E-state index in [9.17, 15) is 13.9 Å². The number of halogens is 2. The van der Waals surface area contributed by atoms with Crippen molar-refractivity contribution in [1.82, 2.24) is 0 Å². The summed E-state index contributed by atoms with van der Waals surface area (Å²) in [5, 5.41) is 10.2. The smallest absolute Gasteiger partial charge is 0.198 e. The normalized spacial score (nSPS) is 19.6. The van der Waals surface area contributed by atoms with Gasteiger partial charge >= 0.3 is 0 Å². The number of fused-ring (bicyclic) bond motifs is 1. The molecule has 1 atom stereocenters. The molecule has 0 aromatic heterocycles. The van der Waals surface area contributed by atoms with E-state index in [1.807, 2.05) is 0 Å². The first-order valence-corrected chi connectivity index (χ1v) is 15.1. The van der Waals surface area contributed by atoms with Crippen molar-refractivity contribution in [3.63, 3.8) is 0 Å². The molecule has 2 aliphatic rings. The molecule has 206 valence electrons. The van der Waals surface area contributed by atoms with Crippen LogP contribution in [0.25, 0.3) is 0 Å². The van der Waals surface area contributed by atoms with E-state index in [0.29, 0.717) is 6.07 Å². The van der Waals surface area contributed by atoms with E-state index >= 15 is 0 Å². The fourth-order valence-corrected chi connectivity index (χ4v) is 5.73. The average molecular weight is 507 g/mol. The lowest BCUT2D eigenvalue weighted by Gasteiger charge is -2.40. The van der Waals surface area contributed by atoms with Crippen molar-refractivity contribution in [1.29, 1.82) is 0 Å². The Balaban J connectivity index is 0.000000425. The van der Waals surface area contributed by atoms with Gasteiger partial charge in [-0.1, -0.05) is 90.0 Å². The highest BCUT2D eigenvalue weighted by atomic mass is 19.2. The topological polar surface area (TPSA) is 35.4 Å². The summed E-state index contributed by atoms with van der Waals surface area (Å²) in [6.07, 6.45) is 27.3. The number of hydrogen-bond donors (Lipinski definition) is 0. The number of rotatable bonds is 15. The van der Waals surface area contributed by atoms with Crippen LogP contribution in [-0.2, 0) is 0 Å². The molecule has 1 unspecified atom stereocenters. The fraction of sp³-hybridized carbons (Fsp3) is 0.774. The monoisotopic (exact) mass is 506 g/mol. The van der Waals surface area contributed by atoms with Gasteiger partial charge in [0.2, 0.25) is 0 Å². The van der Waals surface area contributed by atoms with Gasteiger partial charge in [0.1, 0.15) is 0 Å². The first-order valence-electron chi connectivity index (χ1n) is 15.1. The molecule has 2 aliphatic heterocycles. The van der Waals surface area contributed by atoms with Crippen LogP contribution < -0.4 is 5.11 Å². The number of nitrogens with zero attached hydrogens (tertiary/aromatic N) is 2. The number of benzene rings is 1. The van der Waals surface area contributed by atoms with Gasteiger partial charge < -0.3 is 5.11 Å². The quantitative estimate of drug-likeness (QED) is 0.173. The molecular weight excluding hydrogens is 454 g/mol. The van der Waals surface area contributed by atoms with Crippen LogP contribution in [-0.4, -0.2) is 36.5 Å². The predicted octanol–water partition coefficient (Wildman–Crippen LogP) is 8.70. The second-order valence-corrected chi connectivity index (χ2v) is 11.0. The lowest BCUT2D eigenvalue weighted by molar-refractivity contribution is -0.845. The lowest BCUT2D eigenvalue weighted by atomic mass is 10.0. The molecule has 2 heterocycles. The molecule has 5 heteroatoms. The van der Waals surface area contributed by atoms with Crippen LogP contribution in [0, 0.1) is 11.6 Å². The third kappa shape index (κ3) is 12.2. The molecular formula is C31H52F2N2O. The molecule has 3 rings (SSSR count). The van der Waals surface area contributed by atoms with E-state index in [1.165, 1.54) is 146 Å². The molecule has 0 bridgehead atoms. The molecule has 3 nitrogen and oxygen atoms in total. The van der Waals surface area contributed by atoms with Crippen LogP contribution in [0.2, 0.25) is 0 Å². The third-order valence-electron chi connectivity index (χ3n) is 7.90. The SMILES string of the molecule is CCCCCCCCCCCCCCCC[N+]12CCCCCC1=NCCC2.[O-]c1ccc(F)c(F)c1. The van der Waals surface area contributed by atoms with Crippen LogP contribution in [0.3, 0.4) is 0 Å². The van der Waals surface area contributed by atoms with E-state index in [4.69, 9.17) is 4.99 Å². The van der Waals surface area contributed by atoms with Crippen LogP contribution in [0.4, 0.5) is 8.78 Å². The van der Waals surface area contributed by atoms with Crippen molar-refractivity contribution in [2.24, 2.45) is 4.99 Å². The van der Waals surface area contributed by atoms with Crippen LogP contribution in [0.1, 0.15) is 129 Å². The Hall–Kier alpha value is -1.49. The van der Waals surface area contributed by atoms with E-state index in [-0.39, 0.29) is 0 Å². The minimum atomic E-state index is -1.09. The van der Waals surface area contributed by atoms with E-state index in [2.05, 4.69) is 6.92 Å². The second-order valence-electron chi connectivity index (χ2n) is 11.0. The number of amidine groups is 1. The van der Waals surface area contributed by atoms with E-state index < -0.39 is 17.4 Å². The largest absolute Gasteiger partial charge is 0.872 e. The molecule has 0 aliphatic carbocycles. The van der Waals surface area contributed by atoms with Gasteiger partial charge in [-0.3, -0.25) is 4.48 Å². The van der Waals surface area contributed by atoms with Crippen molar-refractivity contribution in [3.05, 3.63) is 29.8 Å². The Bertz CT molecular complexity index is 739. The van der Waals surface area contributed by atoms with Crippen LogP contribution in [0.15, 0.2) is 23.2 Å². The van der Waals surface area contributed by atoms with Gasteiger partial charge in [0.05, 0.1) is 19.6 Å². The fourth-order valence-electron chi connectivity index (χ4n) is 5.73. The molecule has 1 aromatic carbocycles. The van der Waals surface area contributed by atoms with Gasteiger partial charge in [0.25, 0.3) is 0 Å². The summed E-state index contributed by atoms with van der Waals surface area (Å²) in [5.74, 6) is -1.03. The first kappa shape index (κ1) is 30.7. The van der Waals surface area contributed by atoms with Crippen molar-refractivity contribution in [2.45, 2.75) is 129 Å². The Morgan fingerprint density at radius 3 is 1.89 bits per heavy atom. The average Bonchev–Trinajstić information content (AvgIpc) is 3.10. The maximum atomic E-state index is 12.0. The highest BCUT2D eigenvalue weighted by Crippen LogP contribution is 2.26. The maximum absolute atomic E-state index is 12.0. The van der Waals surface area contributed by atoms with Crippen molar-refractivity contribution >= 4 is 5.84 Å². The Kier molecular flexibility index (Phi) is 16.0. The zero-order chi connectivity index (χ0) is 25.9. The minimum Gasteiger partial charge on any atom is -0.872 e. The Morgan fingerprint density at radius 1 is 0.722 bits per heavy atom. The standard InChI is InChI=1S/C25H49N2.C6H4F2O/c1-2-3-4-5-6-7-8-9-10-11-12-13-14-17-22-27-23-18-15-16-20-25(27)26-21-19-24-27;7-5-2-1-4(9)3-6(5)8/h2-24H2,1H3;1-3,9H/q+1;/p-1.